The van der Waals surface area contributed by atoms with Crippen LogP contribution in [0.4, 0.5) is 4.79 Å². The third kappa shape index (κ3) is 4.63. The summed E-state index contributed by atoms with van der Waals surface area (Å²) in [5, 5.41) is 12.7. The molecule has 4 aromatic rings. The number of carboxylic acids is 1. The number of aromatic nitrogens is 2. The molecule has 7 nitrogen and oxygen atoms in total. The van der Waals surface area contributed by atoms with E-state index in [9.17, 15) is 14.7 Å². The third-order valence-electron chi connectivity index (χ3n) is 6.14. The largest absolute Gasteiger partial charge is 0.480 e. The van der Waals surface area contributed by atoms with E-state index in [0.717, 1.165) is 22.3 Å². The topological polar surface area (TPSA) is 93.5 Å². The number of hydrogen-bond acceptors (Lipinski definition) is 4. The summed E-state index contributed by atoms with van der Waals surface area (Å²) < 4.78 is 7.28. The number of halogens is 1. The highest BCUT2D eigenvalue weighted by Crippen LogP contribution is 2.44. The zero-order valence-electron chi connectivity index (χ0n) is 18.6. The summed E-state index contributed by atoms with van der Waals surface area (Å²) in [6.45, 7) is 0.108. The lowest BCUT2D eigenvalue weighted by molar-refractivity contribution is -0.139. The Bertz CT molecular complexity index is 1340. The molecule has 2 heterocycles. The Morgan fingerprint density at radius 3 is 2.31 bits per heavy atom. The van der Waals surface area contributed by atoms with Crippen molar-refractivity contribution < 1.29 is 19.4 Å². The van der Waals surface area contributed by atoms with Crippen LogP contribution >= 0.6 is 11.6 Å². The lowest BCUT2D eigenvalue weighted by Gasteiger charge is -2.18. The van der Waals surface area contributed by atoms with Crippen LogP contribution in [0, 0.1) is 0 Å². The maximum Gasteiger partial charge on any atom is 0.407 e. The first kappa shape index (κ1) is 22.7. The normalized spacial score (nSPS) is 13.1. The molecule has 0 radical (unpaired) electrons. The fourth-order valence-corrected chi connectivity index (χ4v) is 4.62. The minimum atomic E-state index is -1.17. The summed E-state index contributed by atoms with van der Waals surface area (Å²) in [5.41, 5.74) is 5.09. The highest BCUT2D eigenvalue weighted by atomic mass is 35.5. The maximum absolute atomic E-state index is 12.6. The van der Waals surface area contributed by atoms with Crippen molar-refractivity contribution in [2.24, 2.45) is 0 Å². The standard InChI is InChI=1S/C27H22ClN3O4/c28-17-11-12-25(29-15-17)31-13-5-6-18(31)14-24(26(32)33)30-27(34)35-16-23-21-9-3-1-7-19(21)20-8-2-4-10-22(20)23/h1-13,15,23-24H,14,16H2,(H,30,34)(H,32,33). The van der Waals surface area contributed by atoms with Gasteiger partial charge in [-0.25, -0.2) is 14.6 Å². The van der Waals surface area contributed by atoms with Gasteiger partial charge in [0.1, 0.15) is 18.5 Å². The van der Waals surface area contributed by atoms with Crippen molar-refractivity contribution in [2.75, 3.05) is 6.61 Å². The fraction of sp³-hybridized carbons (Fsp3) is 0.148. The van der Waals surface area contributed by atoms with Gasteiger partial charge in [0.15, 0.2) is 0 Å². The molecular weight excluding hydrogens is 466 g/mol. The average molecular weight is 488 g/mol. The van der Waals surface area contributed by atoms with Gasteiger partial charge in [-0.15, -0.1) is 0 Å². The Kier molecular flexibility index (Phi) is 6.25. The number of aliphatic carboxylic acids is 1. The number of carboxylic acid groups (broad SMARTS) is 1. The van der Waals surface area contributed by atoms with Gasteiger partial charge in [0.2, 0.25) is 0 Å². The minimum Gasteiger partial charge on any atom is -0.480 e. The number of carbonyl (C=O) groups is 2. The van der Waals surface area contributed by atoms with Gasteiger partial charge in [-0.2, -0.15) is 0 Å². The molecule has 2 N–H and O–H groups in total. The second kappa shape index (κ2) is 9.64. The van der Waals surface area contributed by atoms with E-state index >= 15 is 0 Å². The lowest BCUT2D eigenvalue weighted by atomic mass is 9.98. The molecule has 1 aliphatic carbocycles. The van der Waals surface area contributed by atoms with Crippen LogP contribution in [0.25, 0.3) is 16.9 Å². The van der Waals surface area contributed by atoms with Crippen LogP contribution in [0.2, 0.25) is 5.02 Å². The summed E-state index contributed by atoms with van der Waals surface area (Å²) in [4.78, 5) is 28.8. The van der Waals surface area contributed by atoms with Crippen LogP contribution in [0.1, 0.15) is 22.7 Å². The van der Waals surface area contributed by atoms with Crippen molar-refractivity contribution in [3.8, 4) is 16.9 Å². The number of rotatable bonds is 7. The van der Waals surface area contributed by atoms with Crippen LogP contribution in [-0.2, 0) is 16.0 Å². The minimum absolute atomic E-state index is 0.0524. The van der Waals surface area contributed by atoms with Crippen molar-refractivity contribution in [1.29, 1.82) is 0 Å². The third-order valence-corrected chi connectivity index (χ3v) is 6.36. The predicted octanol–water partition coefficient (Wildman–Crippen LogP) is 5.06. The fourth-order valence-electron chi connectivity index (χ4n) is 4.51. The highest BCUT2D eigenvalue weighted by Gasteiger charge is 2.30. The van der Waals surface area contributed by atoms with E-state index in [1.807, 2.05) is 36.4 Å². The highest BCUT2D eigenvalue weighted by molar-refractivity contribution is 6.30. The number of fused-ring (bicyclic) bond motifs is 3. The Balaban J connectivity index is 1.27. The smallest absolute Gasteiger partial charge is 0.407 e. The summed E-state index contributed by atoms with van der Waals surface area (Å²) in [6.07, 6.45) is 2.57. The zero-order valence-corrected chi connectivity index (χ0v) is 19.4. The number of carbonyl (C=O) groups excluding carboxylic acids is 1. The Morgan fingerprint density at radius 2 is 1.69 bits per heavy atom. The van der Waals surface area contributed by atoms with Gasteiger partial charge in [-0.3, -0.25) is 0 Å². The van der Waals surface area contributed by atoms with Gasteiger partial charge in [0.05, 0.1) is 5.02 Å². The predicted molar refractivity (Wildman–Crippen MR) is 132 cm³/mol. The van der Waals surface area contributed by atoms with E-state index < -0.39 is 18.1 Å². The first-order valence-electron chi connectivity index (χ1n) is 11.1. The molecule has 176 valence electrons. The van der Waals surface area contributed by atoms with Gasteiger partial charge in [-0.05, 0) is 46.5 Å². The van der Waals surface area contributed by atoms with Gasteiger partial charge in [-0.1, -0.05) is 60.1 Å². The van der Waals surface area contributed by atoms with Crippen molar-refractivity contribution in [1.82, 2.24) is 14.9 Å². The summed E-state index contributed by atoms with van der Waals surface area (Å²) in [5.74, 6) is -0.667. The number of benzene rings is 2. The van der Waals surface area contributed by atoms with E-state index in [1.165, 1.54) is 6.20 Å². The number of nitrogens with zero attached hydrogens (tertiary/aromatic N) is 2. The number of hydrogen-bond donors (Lipinski definition) is 2. The first-order chi connectivity index (χ1) is 17.0. The van der Waals surface area contributed by atoms with Crippen LogP contribution in [0.15, 0.2) is 85.2 Å². The van der Waals surface area contributed by atoms with Gasteiger partial charge < -0.3 is 19.7 Å². The van der Waals surface area contributed by atoms with Crippen molar-refractivity contribution >= 4 is 23.7 Å². The molecule has 8 heteroatoms. The summed E-state index contributed by atoms with van der Waals surface area (Å²) >= 11 is 5.92. The van der Waals surface area contributed by atoms with E-state index in [0.29, 0.717) is 16.5 Å². The van der Waals surface area contributed by atoms with Crippen LogP contribution in [0.3, 0.4) is 0 Å². The molecule has 0 aliphatic heterocycles. The van der Waals surface area contributed by atoms with Crippen LogP contribution < -0.4 is 5.32 Å². The second-order valence-corrected chi connectivity index (χ2v) is 8.71. The molecule has 2 aromatic carbocycles. The second-order valence-electron chi connectivity index (χ2n) is 8.27. The average Bonchev–Trinajstić information content (AvgIpc) is 3.45. The lowest BCUT2D eigenvalue weighted by Crippen LogP contribution is -2.43. The SMILES string of the molecule is O=C(NC(Cc1cccn1-c1ccc(Cl)cn1)C(=O)O)OCC1c2ccccc2-c2ccccc21. The molecule has 1 amide bonds. The quantitative estimate of drug-likeness (QED) is 0.380. The van der Waals surface area contributed by atoms with Crippen molar-refractivity contribution in [3.63, 3.8) is 0 Å². The molecule has 1 unspecified atom stereocenters. The number of nitrogens with one attached hydrogen (secondary N) is 1. The van der Waals surface area contributed by atoms with Gasteiger partial charge >= 0.3 is 12.1 Å². The van der Waals surface area contributed by atoms with Crippen LogP contribution in [-0.4, -0.2) is 39.4 Å². The molecular formula is C27H22ClN3O4. The Hall–Kier alpha value is -4.10. The molecule has 2 aromatic heterocycles. The molecule has 35 heavy (non-hydrogen) atoms. The number of pyridine rings is 1. The van der Waals surface area contributed by atoms with Crippen molar-refractivity contribution in [2.45, 2.75) is 18.4 Å². The van der Waals surface area contributed by atoms with Crippen LogP contribution in [0.5, 0.6) is 0 Å². The molecule has 0 saturated heterocycles. The van der Waals surface area contributed by atoms with E-state index in [4.69, 9.17) is 16.3 Å². The van der Waals surface area contributed by atoms with E-state index in [2.05, 4.69) is 22.4 Å². The Labute approximate surface area is 207 Å². The summed E-state index contributed by atoms with van der Waals surface area (Å²) in [7, 11) is 0. The van der Waals surface area contributed by atoms with E-state index in [-0.39, 0.29) is 18.9 Å². The Morgan fingerprint density at radius 1 is 1.00 bits per heavy atom. The molecule has 0 spiro atoms. The molecule has 0 bridgehead atoms. The monoisotopic (exact) mass is 487 g/mol. The first-order valence-corrected chi connectivity index (χ1v) is 11.5. The molecule has 1 atom stereocenters. The molecule has 1 aliphatic rings. The number of ether oxygens (including phenoxy) is 1. The molecule has 0 fully saturated rings. The number of amides is 1. The van der Waals surface area contributed by atoms with Gasteiger partial charge in [0.25, 0.3) is 0 Å². The van der Waals surface area contributed by atoms with Gasteiger partial charge in [0, 0.05) is 30.4 Å². The zero-order chi connectivity index (χ0) is 24.4. The molecule has 5 rings (SSSR count). The van der Waals surface area contributed by atoms with Crippen molar-refractivity contribution in [3.05, 3.63) is 107 Å². The maximum atomic E-state index is 12.6. The summed E-state index contributed by atoms with van der Waals surface area (Å²) in [6, 6.07) is 21.9. The van der Waals surface area contributed by atoms with E-state index in [1.54, 1.807) is 35.0 Å². The molecule has 0 saturated carbocycles. The number of alkyl carbamates (subject to hydrolysis) is 1.